The number of hydrogen-bond donors (Lipinski definition) is 4. The summed E-state index contributed by atoms with van der Waals surface area (Å²) in [4.78, 5) is 22.6. The molecule has 1 aliphatic heterocycles. The van der Waals surface area contributed by atoms with Crippen LogP contribution in [0.25, 0.3) is 0 Å². The standard InChI is InChI=1S/C8H16NO9P/c1-3(11)9-5-7(13)6(12)4(2-10)17-8(5)18-19(14,15)16/h4-8,10,12-13H,2H2,1H3,(H,9,11)(H2,14,15,16)/p-2/t4-,5-,6-,7-,8+/m1/s1. The van der Waals surface area contributed by atoms with E-state index in [1.807, 2.05) is 0 Å². The molecule has 4 N–H and O–H groups in total. The molecular formula is C8H14NO9P-2. The van der Waals surface area contributed by atoms with Gasteiger partial charge in [0.25, 0.3) is 7.82 Å². The summed E-state index contributed by atoms with van der Waals surface area (Å²) in [6, 6.07) is -1.55. The molecule has 1 saturated heterocycles. The Balaban J connectivity index is 3.00. The number of aliphatic hydroxyl groups is 3. The molecule has 0 bridgehead atoms. The molecule has 112 valence electrons. The monoisotopic (exact) mass is 299 g/mol. The number of phosphoric ester groups is 1. The van der Waals surface area contributed by atoms with E-state index in [2.05, 4.69) is 9.52 Å². The van der Waals surface area contributed by atoms with Crippen LogP contribution in [0.2, 0.25) is 0 Å². The lowest BCUT2D eigenvalue weighted by Crippen LogP contribution is -2.58. The first-order chi connectivity index (χ1) is 8.65. The number of rotatable bonds is 4. The largest absolute Gasteiger partial charge is 0.862 e. The fourth-order valence-electron chi connectivity index (χ4n) is 1.63. The molecule has 19 heavy (non-hydrogen) atoms. The Bertz CT molecular complexity index is 378. The van der Waals surface area contributed by atoms with E-state index in [0.717, 1.165) is 6.92 Å². The molecule has 1 heterocycles. The van der Waals surface area contributed by atoms with Gasteiger partial charge < -0.3 is 34.9 Å². The molecule has 0 spiro atoms. The van der Waals surface area contributed by atoms with Gasteiger partial charge in [0.1, 0.15) is 24.4 Å². The van der Waals surface area contributed by atoms with Gasteiger partial charge in [-0.3, -0.25) is 14.1 Å². The molecule has 1 unspecified atom stereocenters. The second-order valence-electron chi connectivity index (χ2n) is 3.92. The van der Waals surface area contributed by atoms with Gasteiger partial charge in [0, 0.05) is 0 Å². The van der Waals surface area contributed by atoms with Crippen LogP contribution in [0.15, 0.2) is 4.99 Å². The van der Waals surface area contributed by atoms with Crippen molar-refractivity contribution < 1.29 is 44.0 Å². The SMILES string of the molecule is CC([O-])=N[C@H]1[C@H](OP(=O)([O-])O)O[C@H](CO)[C@@H](O)[C@@H]1O. The maximum Gasteiger partial charge on any atom is 0.267 e. The summed E-state index contributed by atoms with van der Waals surface area (Å²) in [5.41, 5.74) is 0. The van der Waals surface area contributed by atoms with Crippen molar-refractivity contribution in [3.05, 3.63) is 0 Å². The molecule has 0 aromatic heterocycles. The van der Waals surface area contributed by atoms with Crippen molar-refractivity contribution in [2.45, 2.75) is 37.6 Å². The summed E-state index contributed by atoms with van der Waals surface area (Å²) in [5, 5.41) is 39.1. The van der Waals surface area contributed by atoms with E-state index >= 15 is 0 Å². The van der Waals surface area contributed by atoms with Gasteiger partial charge in [-0.05, 0) is 12.8 Å². The van der Waals surface area contributed by atoms with E-state index in [1.165, 1.54) is 0 Å². The number of nitrogens with zero attached hydrogens (tertiary/aromatic N) is 1. The summed E-state index contributed by atoms with van der Waals surface area (Å²) in [6.07, 6.45) is -6.47. The van der Waals surface area contributed by atoms with Crippen molar-refractivity contribution in [1.82, 2.24) is 0 Å². The highest BCUT2D eigenvalue weighted by Crippen LogP contribution is 2.37. The Morgan fingerprint density at radius 1 is 1.47 bits per heavy atom. The molecule has 6 atom stereocenters. The maximum absolute atomic E-state index is 10.9. The first-order valence-electron chi connectivity index (χ1n) is 5.21. The van der Waals surface area contributed by atoms with Crippen molar-refractivity contribution in [1.29, 1.82) is 0 Å². The predicted octanol–water partition coefficient (Wildman–Crippen LogP) is -3.95. The number of aliphatic imine (C=N–C) groups is 1. The van der Waals surface area contributed by atoms with Crippen LogP contribution in [-0.4, -0.2) is 63.4 Å². The zero-order chi connectivity index (χ0) is 14.8. The van der Waals surface area contributed by atoms with Crippen molar-refractivity contribution in [2.75, 3.05) is 6.61 Å². The summed E-state index contributed by atoms with van der Waals surface area (Å²) in [5.74, 6) is -0.769. The third-order valence-electron chi connectivity index (χ3n) is 2.42. The second kappa shape index (κ2) is 6.25. The molecule has 1 fully saturated rings. The second-order valence-corrected chi connectivity index (χ2v) is 5.07. The van der Waals surface area contributed by atoms with Gasteiger partial charge in [-0.2, -0.15) is 0 Å². The topological polar surface area (TPSA) is 175 Å². The highest BCUT2D eigenvalue weighted by Gasteiger charge is 2.45. The Kier molecular flexibility index (Phi) is 5.42. The van der Waals surface area contributed by atoms with Gasteiger partial charge >= 0.3 is 0 Å². The van der Waals surface area contributed by atoms with Gasteiger partial charge in [0.05, 0.1) is 6.61 Å². The average molecular weight is 299 g/mol. The number of aliphatic hydroxyl groups excluding tert-OH is 3. The fraction of sp³-hybridized carbons (Fsp3) is 0.875. The minimum atomic E-state index is -5.22. The van der Waals surface area contributed by atoms with Crippen LogP contribution in [0.3, 0.4) is 0 Å². The molecule has 11 heteroatoms. The minimum Gasteiger partial charge on any atom is -0.862 e. The summed E-state index contributed by atoms with van der Waals surface area (Å²) in [7, 11) is -5.22. The smallest absolute Gasteiger partial charge is 0.267 e. The van der Waals surface area contributed by atoms with Crippen LogP contribution in [0.4, 0.5) is 0 Å². The quantitative estimate of drug-likeness (QED) is 0.229. The molecule has 0 aromatic carbocycles. The molecule has 0 saturated carbocycles. The van der Waals surface area contributed by atoms with Crippen LogP contribution in [0.1, 0.15) is 6.92 Å². The van der Waals surface area contributed by atoms with Crippen molar-refractivity contribution in [3.8, 4) is 0 Å². The molecule has 1 rings (SSSR count). The molecule has 0 radical (unpaired) electrons. The normalized spacial score (nSPS) is 39.9. The summed E-state index contributed by atoms with van der Waals surface area (Å²) < 4.78 is 19.7. The van der Waals surface area contributed by atoms with E-state index in [1.54, 1.807) is 0 Å². The van der Waals surface area contributed by atoms with Crippen molar-refractivity contribution >= 4 is 13.7 Å². The Morgan fingerprint density at radius 2 is 2.05 bits per heavy atom. The highest BCUT2D eigenvalue weighted by atomic mass is 31.2. The number of phosphoric acid groups is 1. The molecule has 0 amide bonds. The Morgan fingerprint density at radius 3 is 2.47 bits per heavy atom. The van der Waals surface area contributed by atoms with Gasteiger partial charge in [0.15, 0.2) is 6.29 Å². The van der Waals surface area contributed by atoms with E-state index in [0.29, 0.717) is 0 Å². The third-order valence-corrected chi connectivity index (χ3v) is 2.89. The molecule has 0 aromatic rings. The van der Waals surface area contributed by atoms with Crippen molar-refractivity contribution in [2.24, 2.45) is 4.99 Å². The molecule has 0 aliphatic carbocycles. The summed E-state index contributed by atoms with van der Waals surface area (Å²) in [6.45, 7) is 0.295. The number of ether oxygens (including phenoxy) is 1. The fourth-order valence-corrected chi connectivity index (χ4v) is 2.07. The van der Waals surface area contributed by atoms with Gasteiger partial charge in [-0.25, -0.2) is 0 Å². The Hall–Kier alpha value is -0.580. The lowest BCUT2D eigenvalue weighted by Gasteiger charge is -2.41. The van der Waals surface area contributed by atoms with E-state index in [9.17, 15) is 24.8 Å². The average Bonchev–Trinajstić information content (AvgIpc) is 2.26. The molecular weight excluding hydrogens is 285 g/mol. The van der Waals surface area contributed by atoms with Gasteiger partial charge in [-0.1, -0.05) is 0 Å². The van der Waals surface area contributed by atoms with Gasteiger partial charge in [-0.15, -0.1) is 0 Å². The summed E-state index contributed by atoms with van der Waals surface area (Å²) >= 11 is 0. The van der Waals surface area contributed by atoms with Crippen LogP contribution in [0.5, 0.6) is 0 Å². The first kappa shape index (κ1) is 16.5. The highest BCUT2D eigenvalue weighted by molar-refractivity contribution is 7.44. The third kappa shape index (κ3) is 4.48. The van der Waals surface area contributed by atoms with E-state index < -0.39 is 51.0 Å². The molecule has 10 nitrogen and oxygen atoms in total. The lowest BCUT2D eigenvalue weighted by atomic mass is 9.97. The van der Waals surface area contributed by atoms with E-state index in [-0.39, 0.29) is 0 Å². The zero-order valence-corrected chi connectivity index (χ0v) is 10.7. The van der Waals surface area contributed by atoms with Crippen LogP contribution in [0, 0.1) is 0 Å². The number of hydrogen-bond acceptors (Lipinski definition) is 9. The van der Waals surface area contributed by atoms with Crippen LogP contribution < -0.4 is 10.00 Å². The predicted molar refractivity (Wildman–Crippen MR) is 55.6 cm³/mol. The van der Waals surface area contributed by atoms with Crippen LogP contribution in [-0.2, 0) is 13.8 Å². The minimum absolute atomic E-state index is 0.737. The van der Waals surface area contributed by atoms with Gasteiger partial charge in [0.2, 0.25) is 0 Å². The maximum atomic E-state index is 10.9. The first-order valence-corrected chi connectivity index (χ1v) is 6.71. The zero-order valence-electron chi connectivity index (χ0n) is 9.82. The van der Waals surface area contributed by atoms with Crippen molar-refractivity contribution in [3.63, 3.8) is 0 Å². The molecule has 1 aliphatic rings. The Labute approximate surface area is 108 Å². The lowest BCUT2D eigenvalue weighted by molar-refractivity contribution is -0.279. The van der Waals surface area contributed by atoms with Crippen LogP contribution >= 0.6 is 7.82 Å². The van der Waals surface area contributed by atoms with E-state index in [4.69, 9.17) is 14.7 Å².